The molecule has 2 aromatic carbocycles. The van der Waals surface area contributed by atoms with E-state index in [9.17, 15) is 36.4 Å². The van der Waals surface area contributed by atoms with Crippen LogP contribution in [-0.4, -0.2) is 31.9 Å². The zero-order valence-electron chi connectivity index (χ0n) is 24.9. The van der Waals surface area contributed by atoms with Crippen molar-refractivity contribution in [2.24, 2.45) is 5.92 Å². The highest BCUT2D eigenvalue weighted by atomic mass is 32.2. The van der Waals surface area contributed by atoms with Crippen molar-refractivity contribution in [3.8, 4) is 17.2 Å². The van der Waals surface area contributed by atoms with E-state index >= 15 is 8.78 Å². The van der Waals surface area contributed by atoms with Crippen molar-refractivity contribution in [3.05, 3.63) is 93.7 Å². The Morgan fingerprint density at radius 2 is 1.88 bits per heavy atom. The van der Waals surface area contributed by atoms with Crippen molar-refractivity contribution in [2.45, 2.75) is 47.8 Å². The number of thioether (sulfide) groups is 1. The molecule has 2 aliphatic rings. The maximum atomic E-state index is 15.2. The lowest BCUT2D eigenvalue weighted by atomic mass is 9.94. The molecule has 1 N–H and O–H groups in total. The monoisotopic (exact) mass is 720 g/mol. The molecule has 7 rings (SSSR count). The normalized spacial score (nSPS) is 18.2. The van der Waals surface area contributed by atoms with E-state index in [4.69, 9.17) is 0 Å². The number of alkyl halides is 5. The summed E-state index contributed by atoms with van der Waals surface area (Å²) in [5, 5.41) is 15.5. The molecule has 1 saturated carbocycles. The van der Waals surface area contributed by atoms with E-state index in [1.807, 2.05) is 0 Å². The summed E-state index contributed by atoms with van der Waals surface area (Å²) in [6.45, 7) is -1.04. The third-order valence-corrected chi connectivity index (χ3v) is 10.5. The largest absolute Gasteiger partial charge is 0.435 e. The van der Waals surface area contributed by atoms with Gasteiger partial charge in [-0.25, -0.2) is 23.1 Å². The van der Waals surface area contributed by atoms with Crippen LogP contribution >= 0.6 is 23.1 Å². The number of amides is 1. The lowest BCUT2D eigenvalue weighted by Gasteiger charge is -2.22. The number of halogens is 8. The third kappa shape index (κ3) is 5.90. The number of pyridine rings is 1. The van der Waals surface area contributed by atoms with Crippen molar-refractivity contribution in [1.29, 1.82) is 5.26 Å². The number of carbonyl (C=O) groups excluding carboxylic acids is 1. The van der Waals surface area contributed by atoms with Gasteiger partial charge >= 0.3 is 6.18 Å². The summed E-state index contributed by atoms with van der Waals surface area (Å²) in [4.78, 5) is 22.7. The van der Waals surface area contributed by atoms with Gasteiger partial charge in [-0.15, -0.1) is 11.3 Å². The van der Waals surface area contributed by atoms with Gasteiger partial charge in [-0.1, -0.05) is 17.8 Å². The van der Waals surface area contributed by atoms with Crippen LogP contribution in [0.3, 0.4) is 0 Å². The highest BCUT2D eigenvalue weighted by Crippen LogP contribution is 2.68. The number of rotatable bonds is 8. The number of nitrogens with one attached hydrogen (secondary N) is 1. The minimum Gasteiger partial charge on any atom is -0.346 e. The van der Waals surface area contributed by atoms with E-state index in [1.165, 1.54) is 35.2 Å². The molecular formula is C32H20F8N6OS2. The number of nitrogens with zero attached hydrogens (tertiary/aromatic N) is 5. The van der Waals surface area contributed by atoms with Gasteiger partial charge in [-0.3, -0.25) is 9.48 Å². The number of benzene rings is 2. The lowest BCUT2D eigenvalue weighted by molar-refractivity contribution is -0.142. The molecule has 1 fully saturated rings. The predicted molar refractivity (Wildman–Crippen MR) is 162 cm³/mol. The molecule has 0 saturated heterocycles. The van der Waals surface area contributed by atoms with E-state index in [0.29, 0.717) is 19.8 Å². The van der Waals surface area contributed by atoms with Crippen LogP contribution in [0.15, 0.2) is 46.8 Å². The summed E-state index contributed by atoms with van der Waals surface area (Å²) in [6, 6.07) is 8.40. The smallest absolute Gasteiger partial charge is 0.346 e. The van der Waals surface area contributed by atoms with Gasteiger partial charge in [0.05, 0.1) is 22.0 Å². The topological polar surface area (TPSA) is 96.5 Å². The van der Waals surface area contributed by atoms with Crippen molar-refractivity contribution in [2.75, 3.05) is 6.26 Å². The molecule has 3 aromatic heterocycles. The number of carbonyl (C=O) groups is 1. The second kappa shape index (κ2) is 11.8. The Kier molecular flexibility index (Phi) is 7.94. The number of hydrogen-bond donors (Lipinski definition) is 1. The zero-order chi connectivity index (χ0) is 35.0. The van der Waals surface area contributed by atoms with E-state index in [0.717, 1.165) is 18.2 Å². The molecular weight excluding hydrogens is 701 g/mol. The van der Waals surface area contributed by atoms with Crippen LogP contribution in [0.25, 0.3) is 21.5 Å². The molecule has 1 amide bonds. The van der Waals surface area contributed by atoms with E-state index in [1.54, 1.807) is 18.4 Å². The van der Waals surface area contributed by atoms with Gasteiger partial charge < -0.3 is 5.32 Å². The van der Waals surface area contributed by atoms with Crippen molar-refractivity contribution in [1.82, 2.24) is 25.1 Å². The van der Waals surface area contributed by atoms with Crippen LogP contribution < -0.4 is 5.32 Å². The average Bonchev–Trinajstić information content (AvgIpc) is 3.49. The van der Waals surface area contributed by atoms with Crippen LogP contribution in [0.5, 0.6) is 0 Å². The van der Waals surface area contributed by atoms with Gasteiger partial charge in [-0.2, -0.15) is 32.3 Å². The summed E-state index contributed by atoms with van der Waals surface area (Å²) in [5.41, 5.74) is -2.50. The Labute approximate surface area is 280 Å². The Bertz CT molecular complexity index is 2190. The standard InChI is InChI=1S/C32H20F8N6OS2/c1-48-30-44-29-23(49-30)10-18(14-2-3-21(35)15(7-14)11-41)26(43-29)22(6-13-4-16(33)8-17(34)5-13)42-24(47)12-46-28-25(27(45-46)32(38,39)40)19-9-20(19)31(28,36)37/h2-5,7-8,10,19-20,22H,6,9,12H2,1H3,(H,42,47)/t19-,20+,22-/m0/s1. The molecule has 7 nitrogen and oxygen atoms in total. The molecule has 252 valence electrons. The quantitative estimate of drug-likeness (QED) is 0.129. The lowest BCUT2D eigenvalue weighted by Crippen LogP contribution is -2.35. The van der Waals surface area contributed by atoms with E-state index in [-0.39, 0.29) is 46.4 Å². The fraction of sp³-hybridized carbons (Fsp3) is 0.281. The maximum absolute atomic E-state index is 15.2. The Hall–Kier alpha value is -4.56. The predicted octanol–water partition coefficient (Wildman–Crippen LogP) is 7.89. The first-order chi connectivity index (χ1) is 23.2. The number of hydrogen-bond acceptors (Lipinski definition) is 7. The van der Waals surface area contributed by atoms with Crippen LogP contribution in [-0.2, 0) is 29.9 Å². The first-order valence-electron chi connectivity index (χ1n) is 14.5. The molecule has 17 heteroatoms. The molecule has 0 spiro atoms. The Morgan fingerprint density at radius 1 is 1.14 bits per heavy atom. The van der Waals surface area contributed by atoms with Crippen LogP contribution in [0, 0.1) is 34.7 Å². The van der Waals surface area contributed by atoms with Gasteiger partial charge in [0.2, 0.25) is 5.91 Å². The van der Waals surface area contributed by atoms with Gasteiger partial charge in [0.25, 0.3) is 5.92 Å². The third-order valence-electron chi connectivity index (χ3n) is 8.49. The summed E-state index contributed by atoms with van der Waals surface area (Å²) < 4.78 is 116. The highest BCUT2D eigenvalue weighted by molar-refractivity contribution is 8.00. The summed E-state index contributed by atoms with van der Waals surface area (Å²) in [5.74, 6) is -9.70. The van der Waals surface area contributed by atoms with Gasteiger partial charge in [0.15, 0.2) is 15.7 Å². The first kappa shape index (κ1) is 33.0. The molecule has 2 aliphatic carbocycles. The van der Waals surface area contributed by atoms with Gasteiger partial charge in [0, 0.05) is 23.1 Å². The summed E-state index contributed by atoms with van der Waals surface area (Å²) in [7, 11) is 0. The minimum absolute atomic E-state index is 0.0431. The molecule has 3 heterocycles. The van der Waals surface area contributed by atoms with E-state index < -0.39 is 76.8 Å². The summed E-state index contributed by atoms with van der Waals surface area (Å²) in [6.07, 6.45) is -3.72. The Morgan fingerprint density at radius 3 is 2.55 bits per heavy atom. The number of aromatic nitrogens is 4. The average molecular weight is 721 g/mol. The van der Waals surface area contributed by atoms with Crippen LogP contribution in [0.2, 0.25) is 0 Å². The number of nitriles is 1. The second-order valence-electron chi connectivity index (χ2n) is 11.7. The fourth-order valence-corrected chi connectivity index (χ4v) is 7.83. The van der Waals surface area contributed by atoms with Crippen molar-refractivity contribution < 1.29 is 39.9 Å². The maximum Gasteiger partial charge on any atom is 0.435 e. The molecule has 3 atom stereocenters. The zero-order valence-corrected chi connectivity index (χ0v) is 26.5. The molecule has 5 aromatic rings. The van der Waals surface area contributed by atoms with Crippen LogP contribution in [0.4, 0.5) is 35.1 Å². The SMILES string of the molecule is CSc1nc2nc([C@H](Cc3cc(F)cc(F)c3)NC(=O)Cn3nc(C(F)(F)F)c4c3C(F)(F)[C@@H]3C[C@H]43)c(-c3ccc(F)c(C#N)c3)cc2s1. The molecule has 0 aliphatic heterocycles. The van der Waals surface area contributed by atoms with Crippen LogP contribution in [0.1, 0.15) is 52.2 Å². The van der Waals surface area contributed by atoms with E-state index in [2.05, 4.69) is 20.4 Å². The molecule has 0 unspecified atom stereocenters. The Balaban J connectivity index is 1.33. The van der Waals surface area contributed by atoms with Crippen molar-refractivity contribution >= 4 is 39.4 Å². The minimum atomic E-state index is -5.04. The van der Waals surface area contributed by atoms with Gasteiger partial charge in [-0.05, 0) is 66.5 Å². The molecule has 49 heavy (non-hydrogen) atoms. The molecule has 0 bridgehead atoms. The number of thiazole rings is 1. The fourth-order valence-electron chi connectivity index (χ4n) is 6.37. The van der Waals surface area contributed by atoms with Gasteiger partial charge in [0.1, 0.15) is 35.8 Å². The van der Waals surface area contributed by atoms with Crippen molar-refractivity contribution in [3.63, 3.8) is 0 Å². The highest BCUT2D eigenvalue weighted by Gasteiger charge is 2.68. The second-order valence-corrected chi connectivity index (χ2v) is 13.8. The number of fused-ring (bicyclic) bond motifs is 4. The summed E-state index contributed by atoms with van der Waals surface area (Å²) >= 11 is 2.59. The molecule has 0 radical (unpaired) electrons. The first-order valence-corrected chi connectivity index (χ1v) is 16.6.